The molecule has 2 aliphatic heterocycles. The van der Waals surface area contributed by atoms with Crippen molar-refractivity contribution in [3.05, 3.63) is 60.5 Å². The number of anilines is 1. The average Bonchev–Trinajstić information content (AvgIpc) is 3.54. The standard InChI is InChI=1S/C21H19N5O5S/c22-10-13-4-1-2-6-18(13)32(27,28)26-16-12-31-19-15(11-30-20(16)19)25-21-23-8-7-14(24-21)17-5-3-9-29-17/h1-9,15-16,19-20,26H,11-12H2,(H,23,24,25)/t15-,16+,19-,20+/m0/s1. The summed E-state index contributed by atoms with van der Waals surface area (Å²) in [5, 5.41) is 12.4. The molecule has 0 unspecified atom stereocenters. The summed E-state index contributed by atoms with van der Waals surface area (Å²) in [5.74, 6) is 1.02. The molecule has 164 valence electrons. The highest BCUT2D eigenvalue weighted by Gasteiger charge is 2.49. The van der Waals surface area contributed by atoms with E-state index < -0.39 is 22.2 Å². The van der Waals surface area contributed by atoms with Gasteiger partial charge in [0, 0.05) is 6.20 Å². The number of furan rings is 1. The van der Waals surface area contributed by atoms with Gasteiger partial charge in [-0.25, -0.2) is 23.1 Å². The second-order valence-corrected chi connectivity index (χ2v) is 9.11. The van der Waals surface area contributed by atoms with Crippen LogP contribution in [0.4, 0.5) is 5.95 Å². The summed E-state index contributed by atoms with van der Waals surface area (Å²) in [6.07, 6.45) is 2.33. The second-order valence-electron chi connectivity index (χ2n) is 7.43. The van der Waals surface area contributed by atoms with Gasteiger partial charge in [0.2, 0.25) is 16.0 Å². The minimum absolute atomic E-state index is 0.0678. The van der Waals surface area contributed by atoms with Crippen LogP contribution in [0.25, 0.3) is 11.5 Å². The van der Waals surface area contributed by atoms with Gasteiger partial charge in [-0.3, -0.25) is 0 Å². The van der Waals surface area contributed by atoms with Gasteiger partial charge in [-0.2, -0.15) is 5.26 Å². The molecule has 11 heteroatoms. The smallest absolute Gasteiger partial charge is 0.242 e. The predicted molar refractivity (Wildman–Crippen MR) is 112 cm³/mol. The molecule has 5 rings (SSSR count). The van der Waals surface area contributed by atoms with E-state index in [2.05, 4.69) is 20.0 Å². The Labute approximate surface area is 184 Å². The molecule has 0 aliphatic carbocycles. The summed E-state index contributed by atoms with van der Waals surface area (Å²) < 4.78 is 45.4. The number of nitriles is 1. The van der Waals surface area contributed by atoms with Crippen LogP contribution in [0.1, 0.15) is 5.56 Å². The molecule has 0 amide bonds. The number of nitrogens with one attached hydrogen (secondary N) is 2. The molecular weight excluding hydrogens is 434 g/mol. The van der Waals surface area contributed by atoms with E-state index in [1.54, 1.807) is 36.7 Å². The minimum atomic E-state index is -3.92. The molecule has 10 nitrogen and oxygen atoms in total. The molecule has 0 radical (unpaired) electrons. The lowest BCUT2D eigenvalue weighted by Gasteiger charge is -2.18. The third-order valence-corrected chi connectivity index (χ3v) is 6.95. The molecular formula is C21H19N5O5S. The summed E-state index contributed by atoms with van der Waals surface area (Å²) in [6.45, 7) is 0.450. The Hall–Kier alpha value is -3.30. The van der Waals surface area contributed by atoms with E-state index in [1.165, 1.54) is 12.1 Å². The highest BCUT2D eigenvalue weighted by molar-refractivity contribution is 7.89. The number of hydrogen-bond acceptors (Lipinski definition) is 9. The zero-order chi connectivity index (χ0) is 22.1. The van der Waals surface area contributed by atoms with Gasteiger partial charge in [0.1, 0.15) is 24.0 Å². The first kappa shape index (κ1) is 20.6. The normalized spacial score (nSPS) is 24.7. The van der Waals surface area contributed by atoms with Gasteiger partial charge in [-0.05, 0) is 30.3 Å². The topological polar surface area (TPSA) is 139 Å². The lowest BCUT2D eigenvalue weighted by molar-refractivity contribution is 0.0690. The van der Waals surface area contributed by atoms with Crippen LogP contribution in [0.3, 0.4) is 0 Å². The maximum atomic E-state index is 12.9. The molecule has 2 N–H and O–H groups in total. The number of ether oxygens (including phenoxy) is 2. The van der Waals surface area contributed by atoms with Crippen LogP contribution in [0.5, 0.6) is 0 Å². The van der Waals surface area contributed by atoms with E-state index in [4.69, 9.17) is 13.9 Å². The van der Waals surface area contributed by atoms with E-state index in [-0.39, 0.29) is 29.2 Å². The molecule has 4 atom stereocenters. The zero-order valence-electron chi connectivity index (χ0n) is 16.7. The van der Waals surface area contributed by atoms with Crippen molar-refractivity contribution in [2.24, 2.45) is 0 Å². The number of rotatable bonds is 6. The molecule has 32 heavy (non-hydrogen) atoms. The van der Waals surface area contributed by atoms with E-state index in [0.29, 0.717) is 24.0 Å². The first-order chi connectivity index (χ1) is 15.5. The predicted octanol–water partition coefficient (Wildman–Crippen LogP) is 1.53. The van der Waals surface area contributed by atoms with Crippen LogP contribution >= 0.6 is 0 Å². The minimum Gasteiger partial charge on any atom is -0.463 e. The zero-order valence-corrected chi connectivity index (χ0v) is 17.5. The Morgan fingerprint density at radius 1 is 1.03 bits per heavy atom. The Kier molecular flexibility index (Phi) is 5.36. The number of hydrogen-bond donors (Lipinski definition) is 2. The largest absolute Gasteiger partial charge is 0.463 e. The van der Waals surface area contributed by atoms with E-state index in [9.17, 15) is 13.7 Å². The van der Waals surface area contributed by atoms with Crippen molar-refractivity contribution in [1.29, 1.82) is 5.26 Å². The highest BCUT2D eigenvalue weighted by Crippen LogP contribution is 2.30. The maximum Gasteiger partial charge on any atom is 0.242 e. The highest BCUT2D eigenvalue weighted by atomic mass is 32.2. The van der Waals surface area contributed by atoms with Crippen LogP contribution < -0.4 is 10.0 Å². The van der Waals surface area contributed by atoms with Crippen molar-refractivity contribution >= 4 is 16.0 Å². The summed E-state index contributed by atoms with van der Waals surface area (Å²) in [7, 11) is -3.92. The van der Waals surface area contributed by atoms with Crippen LogP contribution in [-0.4, -0.2) is 55.9 Å². The lowest BCUT2D eigenvalue weighted by atomic mass is 10.1. The fraction of sp³-hybridized carbons (Fsp3) is 0.286. The Morgan fingerprint density at radius 2 is 1.81 bits per heavy atom. The van der Waals surface area contributed by atoms with Gasteiger partial charge in [-0.15, -0.1) is 0 Å². The Balaban J connectivity index is 1.28. The molecule has 0 saturated carbocycles. The molecule has 3 aromatic rings. The fourth-order valence-electron chi connectivity index (χ4n) is 3.94. The number of sulfonamides is 1. The molecule has 2 aliphatic rings. The van der Waals surface area contributed by atoms with Crippen LogP contribution in [0, 0.1) is 11.3 Å². The maximum absolute atomic E-state index is 12.9. The summed E-state index contributed by atoms with van der Waals surface area (Å²) in [4.78, 5) is 8.64. The van der Waals surface area contributed by atoms with E-state index in [1.807, 2.05) is 12.1 Å². The number of fused-ring (bicyclic) bond motifs is 1. The van der Waals surface area contributed by atoms with Gasteiger partial charge in [0.15, 0.2) is 5.76 Å². The summed E-state index contributed by atoms with van der Waals surface area (Å²) in [5.41, 5.74) is 0.716. The van der Waals surface area contributed by atoms with E-state index >= 15 is 0 Å². The molecule has 0 spiro atoms. The van der Waals surface area contributed by atoms with Gasteiger partial charge < -0.3 is 19.2 Å². The van der Waals surface area contributed by atoms with Gasteiger partial charge >= 0.3 is 0 Å². The van der Waals surface area contributed by atoms with Crippen molar-refractivity contribution in [2.75, 3.05) is 18.5 Å². The summed E-state index contributed by atoms with van der Waals surface area (Å²) >= 11 is 0. The van der Waals surface area contributed by atoms with Crippen LogP contribution in [0.15, 0.2) is 64.2 Å². The monoisotopic (exact) mass is 453 g/mol. The van der Waals surface area contributed by atoms with Crippen molar-refractivity contribution < 1.29 is 22.3 Å². The van der Waals surface area contributed by atoms with Crippen LogP contribution in [-0.2, 0) is 19.5 Å². The molecule has 0 bridgehead atoms. The van der Waals surface area contributed by atoms with Crippen LogP contribution in [0.2, 0.25) is 0 Å². The molecule has 4 heterocycles. The van der Waals surface area contributed by atoms with Crippen molar-refractivity contribution in [3.8, 4) is 17.5 Å². The average molecular weight is 453 g/mol. The SMILES string of the molecule is N#Cc1ccccc1S(=O)(=O)N[C@@H]1CO[C@@H]2[C@@H]1OC[C@@H]2Nc1nccc(-c2ccco2)n1. The van der Waals surface area contributed by atoms with Crippen molar-refractivity contribution in [3.63, 3.8) is 0 Å². The Bertz CT molecular complexity index is 1260. The molecule has 2 aromatic heterocycles. The van der Waals surface area contributed by atoms with E-state index in [0.717, 1.165) is 0 Å². The third-order valence-electron chi connectivity index (χ3n) is 5.40. The van der Waals surface area contributed by atoms with Gasteiger partial charge in [0.05, 0.1) is 42.0 Å². The summed E-state index contributed by atoms with van der Waals surface area (Å²) in [6, 6.07) is 12.5. The number of benzene rings is 1. The molecule has 1 aromatic carbocycles. The number of nitrogens with zero attached hydrogens (tertiary/aromatic N) is 3. The Morgan fingerprint density at radius 3 is 2.59 bits per heavy atom. The quantitative estimate of drug-likeness (QED) is 0.569. The first-order valence-corrected chi connectivity index (χ1v) is 11.4. The lowest BCUT2D eigenvalue weighted by Crippen LogP contribution is -2.44. The van der Waals surface area contributed by atoms with Gasteiger partial charge in [-0.1, -0.05) is 12.1 Å². The second kappa shape index (κ2) is 8.33. The van der Waals surface area contributed by atoms with Crippen molar-refractivity contribution in [1.82, 2.24) is 14.7 Å². The first-order valence-electron chi connectivity index (χ1n) is 9.93. The molecule has 2 fully saturated rings. The third kappa shape index (κ3) is 3.85. The molecule has 2 saturated heterocycles. The van der Waals surface area contributed by atoms with Gasteiger partial charge in [0.25, 0.3) is 0 Å². The fourth-order valence-corrected chi connectivity index (χ4v) is 5.32. The number of aromatic nitrogens is 2. The van der Waals surface area contributed by atoms with Crippen molar-refractivity contribution in [2.45, 2.75) is 29.2 Å².